The minimum absolute atomic E-state index is 0.0471. The van der Waals surface area contributed by atoms with E-state index < -0.39 is 54.4 Å². The van der Waals surface area contributed by atoms with Crippen LogP contribution in [0.3, 0.4) is 0 Å². The molecule has 0 heterocycles. The van der Waals surface area contributed by atoms with E-state index in [0.29, 0.717) is 11.4 Å². The first-order valence-corrected chi connectivity index (χ1v) is 14.7. The van der Waals surface area contributed by atoms with Gasteiger partial charge in [0.2, 0.25) is 0 Å². The quantitative estimate of drug-likeness (QED) is 0.188. The van der Waals surface area contributed by atoms with E-state index in [4.69, 9.17) is 9.60 Å². The van der Waals surface area contributed by atoms with Crippen molar-refractivity contribution in [2.75, 3.05) is 4.90 Å². The topological polar surface area (TPSA) is 3.24 Å². The standard InChI is InChI=1S/C44H31N/c1-2-11-32(12-3-1)33-23-27-38(28-24-33)45(39-29-25-36(26-30-39)43-21-9-15-34-13-4-6-19-41(34)43)40-18-8-17-37(31-40)44-22-10-16-35-14-5-7-20-42(35)44/h1-31H/i1D,2D,3D,11D,12D,23D,24D,27D,28D. The number of hydrogen-bond donors (Lipinski definition) is 0. The Kier molecular flexibility index (Phi) is 4.83. The monoisotopic (exact) mass is 582 g/mol. The second-order valence-corrected chi connectivity index (χ2v) is 10.7. The molecule has 45 heavy (non-hydrogen) atoms. The van der Waals surface area contributed by atoms with Crippen molar-refractivity contribution in [3.63, 3.8) is 0 Å². The van der Waals surface area contributed by atoms with Crippen molar-refractivity contribution in [2.24, 2.45) is 0 Å². The van der Waals surface area contributed by atoms with E-state index in [-0.39, 0.29) is 16.8 Å². The van der Waals surface area contributed by atoms with Gasteiger partial charge in [-0.15, -0.1) is 0 Å². The molecule has 0 unspecified atom stereocenters. The molecule has 0 aromatic heterocycles. The lowest BCUT2D eigenvalue weighted by Gasteiger charge is -2.26. The number of fused-ring (bicyclic) bond motifs is 2. The van der Waals surface area contributed by atoms with Gasteiger partial charge in [0.25, 0.3) is 0 Å². The summed E-state index contributed by atoms with van der Waals surface area (Å²) in [7, 11) is 0. The van der Waals surface area contributed by atoms with Crippen molar-refractivity contribution in [1.29, 1.82) is 0 Å². The summed E-state index contributed by atoms with van der Waals surface area (Å²) in [6.45, 7) is 0. The lowest BCUT2D eigenvalue weighted by atomic mass is 9.97. The van der Waals surface area contributed by atoms with Crippen LogP contribution in [0, 0.1) is 0 Å². The Hall–Kier alpha value is -5.92. The fourth-order valence-corrected chi connectivity index (χ4v) is 5.88. The number of anilines is 3. The highest BCUT2D eigenvalue weighted by atomic mass is 15.1. The van der Waals surface area contributed by atoms with Crippen LogP contribution >= 0.6 is 0 Å². The molecule has 0 saturated heterocycles. The zero-order valence-electron chi connectivity index (χ0n) is 33.1. The number of hydrogen-bond acceptors (Lipinski definition) is 1. The number of benzene rings is 8. The molecule has 0 aliphatic rings. The van der Waals surface area contributed by atoms with Crippen LogP contribution in [-0.4, -0.2) is 0 Å². The van der Waals surface area contributed by atoms with Gasteiger partial charge >= 0.3 is 0 Å². The maximum Gasteiger partial charge on any atom is 0.0645 e. The molecule has 0 aliphatic carbocycles. The van der Waals surface area contributed by atoms with E-state index in [2.05, 4.69) is 30.3 Å². The molecule has 0 radical (unpaired) electrons. The van der Waals surface area contributed by atoms with Crippen molar-refractivity contribution in [2.45, 2.75) is 0 Å². The Bertz CT molecular complexity index is 2710. The van der Waals surface area contributed by atoms with Crippen LogP contribution in [0.5, 0.6) is 0 Å². The summed E-state index contributed by atoms with van der Waals surface area (Å²) >= 11 is 0. The summed E-state index contributed by atoms with van der Waals surface area (Å²) in [4.78, 5) is 1.69. The molecule has 0 fully saturated rings. The van der Waals surface area contributed by atoms with Crippen LogP contribution in [-0.2, 0) is 0 Å². The SMILES string of the molecule is [2H]c1c([2H])c([2H])c(-c2c([2H])c([2H])c(N(c3ccc(-c4cccc5ccccc45)cc3)c3cccc(-c4cccc5ccccc45)c3)c([2H])c2[2H])c([2H])c1[2H]. The van der Waals surface area contributed by atoms with Gasteiger partial charge in [-0.3, -0.25) is 0 Å². The van der Waals surface area contributed by atoms with Gasteiger partial charge in [0.05, 0.1) is 12.3 Å². The summed E-state index contributed by atoms with van der Waals surface area (Å²) < 4.78 is 78.5. The van der Waals surface area contributed by atoms with Gasteiger partial charge in [-0.1, -0.05) is 151 Å². The first-order valence-electron chi connectivity index (χ1n) is 19.2. The van der Waals surface area contributed by atoms with Gasteiger partial charge in [-0.2, -0.15) is 0 Å². The van der Waals surface area contributed by atoms with Crippen LogP contribution < -0.4 is 4.90 Å². The molecule has 0 spiro atoms. The third-order valence-corrected chi connectivity index (χ3v) is 8.02. The van der Waals surface area contributed by atoms with Crippen LogP contribution in [0.2, 0.25) is 0 Å². The summed E-state index contributed by atoms with van der Waals surface area (Å²) in [6.07, 6.45) is 0. The second-order valence-electron chi connectivity index (χ2n) is 10.7. The average molecular weight is 583 g/mol. The lowest BCUT2D eigenvalue weighted by Crippen LogP contribution is -2.10. The van der Waals surface area contributed by atoms with E-state index in [0.717, 1.165) is 43.8 Å². The average Bonchev–Trinajstić information content (AvgIpc) is 3.21. The molecule has 0 atom stereocenters. The maximum absolute atomic E-state index is 9.35. The highest BCUT2D eigenvalue weighted by molar-refractivity contribution is 5.98. The molecular formula is C44H31N. The highest BCUT2D eigenvalue weighted by Crippen LogP contribution is 2.40. The van der Waals surface area contributed by atoms with E-state index in [9.17, 15) is 2.74 Å². The molecule has 0 amide bonds. The summed E-state index contributed by atoms with van der Waals surface area (Å²) in [5.41, 5.74) is 4.22. The fourth-order valence-electron chi connectivity index (χ4n) is 5.88. The van der Waals surface area contributed by atoms with E-state index >= 15 is 0 Å². The molecule has 1 heteroatoms. The molecular weight excluding hydrogens is 542 g/mol. The molecule has 8 aromatic rings. The van der Waals surface area contributed by atoms with Gasteiger partial charge in [0, 0.05) is 17.1 Å². The minimum Gasteiger partial charge on any atom is -0.310 e. The highest BCUT2D eigenvalue weighted by Gasteiger charge is 2.15. The molecule has 0 aliphatic heterocycles. The molecule has 0 saturated carbocycles. The smallest absolute Gasteiger partial charge is 0.0645 e. The van der Waals surface area contributed by atoms with Crippen molar-refractivity contribution in [3.8, 4) is 33.4 Å². The van der Waals surface area contributed by atoms with Gasteiger partial charge in [0.15, 0.2) is 0 Å². The third-order valence-electron chi connectivity index (χ3n) is 8.02. The molecule has 0 bridgehead atoms. The predicted octanol–water partition coefficient (Wildman–Crippen LogP) is 12.5. The van der Waals surface area contributed by atoms with E-state index in [1.807, 2.05) is 103 Å². The largest absolute Gasteiger partial charge is 0.310 e. The summed E-state index contributed by atoms with van der Waals surface area (Å²) in [5.74, 6) is 0. The minimum atomic E-state index is -0.620. The Labute approximate surface area is 276 Å². The van der Waals surface area contributed by atoms with Gasteiger partial charge in [-0.25, -0.2) is 0 Å². The number of nitrogens with zero attached hydrogens (tertiary/aromatic N) is 1. The zero-order valence-corrected chi connectivity index (χ0v) is 24.1. The van der Waals surface area contributed by atoms with Crippen LogP contribution in [0.4, 0.5) is 17.1 Å². The molecule has 0 N–H and O–H groups in total. The molecule has 8 aromatic carbocycles. The van der Waals surface area contributed by atoms with Crippen molar-refractivity contribution < 1.29 is 12.3 Å². The van der Waals surface area contributed by atoms with Gasteiger partial charge < -0.3 is 4.90 Å². The normalized spacial score (nSPS) is 13.9. The Morgan fingerprint density at radius 3 is 1.58 bits per heavy atom. The third kappa shape index (κ3) is 5.15. The lowest BCUT2D eigenvalue weighted by molar-refractivity contribution is 1.28. The second kappa shape index (κ2) is 11.6. The zero-order chi connectivity index (χ0) is 37.8. The van der Waals surface area contributed by atoms with E-state index in [1.54, 1.807) is 4.90 Å². The predicted molar refractivity (Wildman–Crippen MR) is 192 cm³/mol. The molecule has 8 rings (SSSR count). The van der Waals surface area contributed by atoms with Crippen molar-refractivity contribution in [3.05, 3.63) is 188 Å². The van der Waals surface area contributed by atoms with Gasteiger partial charge in [-0.05, 0) is 91.3 Å². The van der Waals surface area contributed by atoms with Gasteiger partial charge in [0.1, 0.15) is 0 Å². The molecule has 212 valence electrons. The van der Waals surface area contributed by atoms with Crippen LogP contribution in [0.25, 0.3) is 54.9 Å². The fraction of sp³-hybridized carbons (Fsp3) is 0. The maximum atomic E-state index is 9.35. The van der Waals surface area contributed by atoms with Crippen LogP contribution in [0.1, 0.15) is 12.3 Å². The number of rotatable bonds is 6. The first-order chi connectivity index (χ1) is 26.1. The summed E-state index contributed by atoms with van der Waals surface area (Å²) in [6, 6.07) is 38.9. The molecule has 1 nitrogen and oxygen atoms in total. The van der Waals surface area contributed by atoms with Crippen LogP contribution in [0.15, 0.2) is 188 Å². The summed E-state index contributed by atoms with van der Waals surface area (Å²) in [5, 5.41) is 4.32. The Balaban J connectivity index is 1.35. The van der Waals surface area contributed by atoms with E-state index in [1.165, 1.54) is 0 Å². The first kappa shape index (κ1) is 18.7. The van der Waals surface area contributed by atoms with Crippen molar-refractivity contribution in [1.82, 2.24) is 0 Å². The Morgan fingerprint density at radius 1 is 0.356 bits per heavy atom. The Morgan fingerprint density at radius 2 is 0.911 bits per heavy atom. The van der Waals surface area contributed by atoms with Crippen molar-refractivity contribution >= 4 is 38.6 Å².